The summed E-state index contributed by atoms with van der Waals surface area (Å²) in [6.45, 7) is 2.39. The van der Waals surface area contributed by atoms with E-state index in [-0.39, 0.29) is 28.2 Å². The second-order valence-corrected chi connectivity index (χ2v) is 11.0. The number of likely N-dealkylation sites (tertiary alicyclic amines) is 1. The van der Waals surface area contributed by atoms with Crippen LogP contribution in [0.3, 0.4) is 0 Å². The Kier molecular flexibility index (Phi) is 8.40. The van der Waals surface area contributed by atoms with Gasteiger partial charge in [0.25, 0.3) is 0 Å². The van der Waals surface area contributed by atoms with E-state index < -0.39 is 18.0 Å². The van der Waals surface area contributed by atoms with Crippen LogP contribution in [0.25, 0.3) is 28.2 Å². The van der Waals surface area contributed by atoms with Crippen molar-refractivity contribution in [3.8, 4) is 23.1 Å². The number of nitrogen functional groups attached to an aromatic ring is 1. The number of piperidine rings is 1. The third-order valence-electron chi connectivity index (χ3n) is 7.69. The van der Waals surface area contributed by atoms with Crippen LogP contribution in [0.5, 0.6) is 0 Å². The molecule has 0 unspecified atom stereocenters. The minimum absolute atomic E-state index is 0.104. The maximum absolute atomic E-state index is 9.76. The molecule has 1 aliphatic heterocycles. The van der Waals surface area contributed by atoms with Gasteiger partial charge in [-0.2, -0.15) is 5.26 Å². The zero-order valence-corrected chi connectivity index (χ0v) is 24.7. The molecule has 0 radical (unpaired) electrons. The minimum Gasteiger partial charge on any atom is -0.383 e. The number of rotatable bonds is 9. The molecule has 0 bridgehead atoms. The number of hydrogen-bond donors (Lipinski definition) is 8. The predicted molar refractivity (Wildman–Crippen MR) is 166 cm³/mol. The summed E-state index contributed by atoms with van der Waals surface area (Å²) in [5.41, 5.74) is 8.69. The lowest BCUT2D eigenvalue weighted by molar-refractivity contribution is -0.395. The van der Waals surface area contributed by atoms with E-state index in [1.807, 2.05) is 30.3 Å². The number of fused-ring (bicyclic) bond motifs is 1. The Labute approximate surface area is 267 Å². The van der Waals surface area contributed by atoms with Crippen molar-refractivity contribution < 1.29 is 30.6 Å². The highest BCUT2D eigenvalue weighted by atomic mass is 16.8. The monoisotopic (exact) mass is 641 g/mol. The quantitative estimate of drug-likeness (QED) is 0.0968. The normalized spacial score (nSPS) is 14.7. The Morgan fingerprint density at radius 2 is 1.62 bits per heavy atom. The van der Waals surface area contributed by atoms with Gasteiger partial charge in [-0.15, -0.1) is 0 Å². The van der Waals surface area contributed by atoms with Crippen molar-refractivity contribution in [2.75, 3.05) is 29.0 Å². The van der Waals surface area contributed by atoms with E-state index in [1.165, 1.54) is 12.3 Å². The molecule has 5 aromatic rings. The number of nitriles is 1. The number of pyridine rings is 2. The van der Waals surface area contributed by atoms with Crippen molar-refractivity contribution in [1.82, 2.24) is 34.4 Å². The van der Waals surface area contributed by atoms with E-state index in [9.17, 15) is 30.6 Å². The molecule has 47 heavy (non-hydrogen) atoms. The van der Waals surface area contributed by atoms with Crippen LogP contribution in [0.4, 0.5) is 17.5 Å². The predicted octanol–water partition coefficient (Wildman–Crippen LogP) is -0.214. The first-order chi connectivity index (χ1) is 22.4. The molecule has 6 rings (SSSR count). The molecule has 1 saturated heterocycles. The van der Waals surface area contributed by atoms with Crippen LogP contribution < -0.4 is 16.0 Å². The maximum atomic E-state index is 9.76. The first kappa shape index (κ1) is 31.7. The van der Waals surface area contributed by atoms with Crippen molar-refractivity contribution in [2.24, 2.45) is 0 Å². The Balaban J connectivity index is 1.27. The summed E-state index contributed by atoms with van der Waals surface area (Å²) in [5.74, 6) is 0.668. The van der Waals surface area contributed by atoms with Gasteiger partial charge in [0.1, 0.15) is 29.0 Å². The van der Waals surface area contributed by atoms with Gasteiger partial charge in [0.05, 0.1) is 5.56 Å². The van der Waals surface area contributed by atoms with E-state index in [0.29, 0.717) is 35.0 Å². The molecule has 0 atom stereocenters. The van der Waals surface area contributed by atoms with E-state index in [2.05, 4.69) is 35.1 Å². The standard InChI is InChI=1S/C30H31N11O6/c31-16-24-33-13-9-23(37-24)35-19-10-14-39(15-11-19)17-18-3-5-20(6-4-18)40-27(21-2-1-12-34-26(21)32)36-22-7-8-25(38-28(22)40)41(29(42,43)44)30(45,46)47/h1-9,12-13,19,42-47H,10-11,14-15,17H2,(H2,32,34)(H,33,35,37). The van der Waals surface area contributed by atoms with E-state index in [1.54, 1.807) is 29.0 Å². The van der Waals surface area contributed by atoms with Crippen molar-refractivity contribution in [2.45, 2.75) is 37.6 Å². The third kappa shape index (κ3) is 6.79. The molecule has 1 fully saturated rings. The molecule has 5 heterocycles. The van der Waals surface area contributed by atoms with Crippen LogP contribution in [0.1, 0.15) is 24.2 Å². The molecule has 0 aliphatic carbocycles. The highest BCUT2D eigenvalue weighted by Crippen LogP contribution is 2.33. The second kappa shape index (κ2) is 12.5. The number of nitrogens with two attached hydrogens (primary N) is 1. The van der Waals surface area contributed by atoms with Crippen molar-refractivity contribution in [3.63, 3.8) is 0 Å². The Bertz CT molecular complexity index is 1910. The van der Waals surface area contributed by atoms with Gasteiger partial charge in [-0.05, 0) is 60.9 Å². The van der Waals surface area contributed by atoms with Crippen molar-refractivity contribution in [3.05, 3.63) is 78.4 Å². The summed E-state index contributed by atoms with van der Waals surface area (Å²) in [7, 11) is 0. The smallest absolute Gasteiger partial charge is 0.376 e. The van der Waals surface area contributed by atoms with Crippen LogP contribution in [0.15, 0.2) is 67.0 Å². The average Bonchev–Trinajstić information content (AvgIpc) is 3.40. The largest absolute Gasteiger partial charge is 0.383 e. The molecule has 242 valence electrons. The highest BCUT2D eigenvalue weighted by Gasteiger charge is 2.45. The summed E-state index contributed by atoms with van der Waals surface area (Å²) in [4.78, 5) is 23.2. The van der Waals surface area contributed by atoms with Gasteiger partial charge in [-0.1, -0.05) is 12.1 Å². The zero-order chi connectivity index (χ0) is 33.3. The van der Waals surface area contributed by atoms with Crippen LogP contribution in [-0.2, 0) is 6.54 Å². The van der Waals surface area contributed by atoms with Gasteiger partial charge in [0, 0.05) is 43.8 Å². The Morgan fingerprint density at radius 1 is 0.894 bits per heavy atom. The number of imidazole rings is 1. The number of anilines is 3. The topological polar surface area (TPSA) is 259 Å². The molecular weight excluding hydrogens is 610 g/mol. The summed E-state index contributed by atoms with van der Waals surface area (Å²) in [6, 6.07) is 17.4. The molecule has 17 heteroatoms. The van der Waals surface area contributed by atoms with Gasteiger partial charge in [-0.25, -0.2) is 29.8 Å². The molecule has 0 saturated carbocycles. The fraction of sp³-hybridized carbons (Fsp3) is 0.267. The van der Waals surface area contributed by atoms with Crippen LogP contribution in [-0.4, -0.2) is 96.4 Å². The zero-order valence-electron chi connectivity index (χ0n) is 24.7. The highest BCUT2D eigenvalue weighted by molar-refractivity contribution is 5.84. The van der Waals surface area contributed by atoms with Crippen molar-refractivity contribution in [1.29, 1.82) is 5.26 Å². The maximum Gasteiger partial charge on any atom is 0.376 e. The third-order valence-corrected chi connectivity index (χ3v) is 7.69. The minimum atomic E-state index is -3.90. The Morgan fingerprint density at radius 3 is 2.28 bits per heavy atom. The average molecular weight is 642 g/mol. The number of aliphatic hydroxyl groups is 6. The van der Waals surface area contributed by atoms with E-state index >= 15 is 0 Å². The Hall–Kier alpha value is -5.32. The SMILES string of the molecule is N#Cc1nccc(NC2CCN(Cc3ccc(-n4c(-c5cccnc5N)nc5ccc(N(C(O)(O)O)C(O)(O)O)nc54)cc3)CC2)n1. The summed E-state index contributed by atoms with van der Waals surface area (Å²) >= 11 is 0. The molecular formula is C30H31N11O6. The lowest BCUT2D eigenvalue weighted by Gasteiger charge is -2.36. The van der Waals surface area contributed by atoms with Gasteiger partial charge in [-0.3, -0.25) is 9.47 Å². The molecule has 9 N–H and O–H groups in total. The molecule has 1 aliphatic rings. The molecule has 4 aromatic heterocycles. The van der Waals surface area contributed by atoms with Gasteiger partial charge < -0.3 is 41.7 Å². The number of nitrogens with one attached hydrogen (secondary N) is 1. The van der Waals surface area contributed by atoms with E-state index in [0.717, 1.165) is 37.6 Å². The summed E-state index contributed by atoms with van der Waals surface area (Å²) < 4.78 is 1.61. The first-order valence-electron chi connectivity index (χ1n) is 14.5. The lowest BCUT2D eigenvalue weighted by atomic mass is 10.0. The van der Waals surface area contributed by atoms with Gasteiger partial charge in [0.2, 0.25) is 5.82 Å². The van der Waals surface area contributed by atoms with Crippen molar-refractivity contribution >= 4 is 28.6 Å². The lowest BCUT2D eigenvalue weighted by Crippen LogP contribution is -2.62. The van der Waals surface area contributed by atoms with E-state index in [4.69, 9.17) is 11.0 Å². The number of aromatic nitrogens is 6. The van der Waals surface area contributed by atoms with Crippen LogP contribution in [0.2, 0.25) is 0 Å². The fourth-order valence-corrected chi connectivity index (χ4v) is 5.56. The second-order valence-electron chi connectivity index (χ2n) is 11.0. The first-order valence-corrected chi connectivity index (χ1v) is 14.5. The molecule has 0 spiro atoms. The van der Waals surface area contributed by atoms with Gasteiger partial charge in [0.15, 0.2) is 11.5 Å². The molecule has 0 amide bonds. The number of hydrogen-bond acceptors (Lipinski definition) is 16. The number of nitrogens with zero attached hydrogens (tertiary/aromatic N) is 9. The fourth-order valence-electron chi connectivity index (χ4n) is 5.56. The number of benzene rings is 1. The molecule has 1 aromatic carbocycles. The van der Waals surface area contributed by atoms with Gasteiger partial charge >= 0.3 is 12.2 Å². The summed E-state index contributed by atoms with van der Waals surface area (Å²) in [5, 5.41) is 71.0. The van der Waals surface area contributed by atoms with Crippen LogP contribution in [0, 0.1) is 11.3 Å². The molecule has 17 nitrogen and oxygen atoms in total. The van der Waals surface area contributed by atoms with Crippen LogP contribution >= 0.6 is 0 Å². The summed E-state index contributed by atoms with van der Waals surface area (Å²) in [6.07, 6.45) is -2.93.